The Hall–Kier alpha value is -2.09. The average Bonchev–Trinajstić information content (AvgIpc) is 2.66. The minimum absolute atomic E-state index is 0.0235. The molecule has 0 bridgehead atoms. The molecule has 2 aromatic heterocycles. The van der Waals surface area contributed by atoms with Gasteiger partial charge in [0.1, 0.15) is 5.82 Å². The van der Waals surface area contributed by atoms with E-state index in [9.17, 15) is 0 Å². The summed E-state index contributed by atoms with van der Waals surface area (Å²) in [5.41, 5.74) is 1.79. The number of aromatic nitrogens is 3. The second-order valence-corrected chi connectivity index (χ2v) is 3.62. The van der Waals surface area contributed by atoms with Crippen LogP contribution in [-0.4, -0.2) is 20.9 Å². The number of anilines is 1. The first-order chi connectivity index (χ1) is 7.38. The molecule has 1 N–H and O–H groups in total. The molecular formula is C10H9N5. The highest BCUT2D eigenvalue weighted by Crippen LogP contribution is 2.24. The zero-order chi connectivity index (χ0) is 10.3. The first-order valence-corrected chi connectivity index (χ1v) is 4.83. The van der Waals surface area contributed by atoms with E-state index < -0.39 is 0 Å². The number of hydrogen-bond acceptors (Lipinski definition) is 4. The maximum absolute atomic E-state index is 8.85. The predicted molar refractivity (Wildman–Crippen MR) is 54.3 cm³/mol. The SMILES string of the molecule is N#CC1CNc2c(nc3cnccn23)C1. The summed E-state index contributed by atoms with van der Waals surface area (Å²) in [7, 11) is 0. The predicted octanol–water partition coefficient (Wildman–Crippen LogP) is 0.837. The highest BCUT2D eigenvalue weighted by atomic mass is 15.1. The normalized spacial score (nSPS) is 19.3. The first kappa shape index (κ1) is 8.24. The van der Waals surface area contributed by atoms with Gasteiger partial charge in [-0.3, -0.25) is 9.38 Å². The molecule has 5 heteroatoms. The highest BCUT2D eigenvalue weighted by molar-refractivity contribution is 5.55. The van der Waals surface area contributed by atoms with Crippen molar-refractivity contribution in [3.8, 4) is 6.07 Å². The maximum Gasteiger partial charge on any atom is 0.157 e. The van der Waals surface area contributed by atoms with Gasteiger partial charge in [-0.25, -0.2) is 4.98 Å². The third-order valence-electron chi connectivity index (χ3n) is 2.64. The maximum atomic E-state index is 8.85. The number of fused-ring (bicyclic) bond motifs is 3. The van der Waals surface area contributed by atoms with Crippen LogP contribution in [0.25, 0.3) is 5.65 Å². The average molecular weight is 199 g/mol. The Morgan fingerprint density at radius 3 is 3.40 bits per heavy atom. The molecule has 0 aliphatic carbocycles. The van der Waals surface area contributed by atoms with Gasteiger partial charge < -0.3 is 5.32 Å². The van der Waals surface area contributed by atoms with Gasteiger partial charge >= 0.3 is 0 Å². The van der Waals surface area contributed by atoms with E-state index in [1.807, 2.05) is 10.6 Å². The summed E-state index contributed by atoms with van der Waals surface area (Å²) < 4.78 is 1.97. The van der Waals surface area contributed by atoms with Gasteiger partial charge in [0.15, 0.2) is 5.65 Å². The molecule has 1 atom stereocenters. The van der Waals surface area contributed by atoms with Gasteiger partial charge in [-0.05, 0) is 0 Å². The Morgan fingerprint density at radius 2 is 2.53 bits per heavy atom. The monoisotopic (exact) mass is 199 g/mol. The third-order valence-corrected chi connectivity index (χ3v) is 2.64. The standard InChI is InChI=1S/C10H9N5/c11-4-7-3-8-10(13-5-7)15-2-1-12-6-9(15)14-8/h1-2,6-7,13H,3,5H2. The molecular weight excluding hydrogens is 190 g/mol. The van der Waals surface area contributed by atoms with Crippen LogP contribution in [-0.2, 0) is 6.42 Å². The lowest BCUT2D eigenvalue weighted by atomic mass is 10.0. The zero-order valence-corrected chi connectivity index (χ0v) is 8.01. The molecule has 1 unspecified atom stereocenters. The summed E-state index contributed by atoms with van der Waals surface area (Å²) in [6, 6.07) is 2.26. The van der Waals surface area contributed by atoms with Crippen molar-refractivity contribution in [2.75, 3.05) is 11.9 Å². The van der Waals surface area contributed by atoms with Crippen LogP contribution < -0.4 is 5.32 Å². The first-order valence-electron chi connectivity index (χ1n) is 4.83. The Bertz CT molecular complexity index is 550. The molecule has 0 saturated carbocycles. The van der Waals surface area contributed by atoms with Crippen LogP contribution in [0.15, 0.2) is 18.6 Å². The largest absolute Gasteiger partial charge is 0.368 e. The Kier molecular flexibility index (Phi) is 1.62. The van der Waals surface area contributed by atoms with Crippen LogP contribution in [0.2, 0.25) is 0 Å². The van der Waals surface area contributed by atoms with Crippen molar-refractivity contribution in [2.24, 2.45) is 5.92 Å². The van der Waals surface area contributed by atoms with Crippen molar-refractivity contribution in [2.45, 2.75) is 6.42 Å². The summed E-state index contributed by atoms with van der Waals surface area (Å²) >= 11 is 0. The molecule has 15 heavy (non-hydrogen) atoms. The van der Waals surface area contributed by atoms with Gasteiger partial charge in [-0.1, -0.05) is 0 Å². The number of rotatable bonds is 0. The highest BCUT2D eigenvalue weighted by Gasteiger charge is 2.22. The van der Waals surface area contributed by atoms with Gasteiger partial charge in [-0.2, -0.15) is 5.26 Å². The smallest absolute Gasteiger partial charge is 0.157 e. The lowest BCUT2D eigenvalue weighted by Crippen LogP contribution is -2.22. The molecule has 5 nitrogen and oxygen atoms in total. The Balaban J connectivity index is 2.17. The lowest BCUT2D eigenvalue weighted by molar-refractivity contribution is 0.660. The second kappa shape index (κ2) is 2.95. The second-order valence-electron chi connectivity index (χ2n) is 3.62. The minimum atomic E-state index is 0.0235. The van der Waals surface area contributed by atoms with Crippen LogP contribution in [0.1, 0.15) is 5.69 Å². The number of nitrogens with zero attached hydrogens (tertiary/aromatic N) is 4. The molecule has 0 saturated heterocycles. The molecule has 1 aliphatic heterocycles. The Labute approximate surface area is 86.4 Å². The van der Waals surface area contributed by atoms with E-state index in [2.05, 4.69) is 21.4 Å². The van der Waals surface area contributed by atoms with Crippen molar-refractivity contribution < 1.29 is 0 Å². The molecule has 0 radical (unpaired) electrons. The Morgan fingerprint density at radius 1 is 1.60 bits per heavy atom. The molecule has 3 rings (SSSR count). The van der Waals surface area contributed by atoms with Crippen LogP contribution >= 0.6 is 0 Å². The summed E-state index contributed by atoms with van der Waals surface area (Å²) in [6.45, 7) is 0.694. The minimum Gasteiger partial charge on any atom is -0.368 e. The number of hydrogen-bond donors (Lipinski definition) is 1. The summed E-state index contributed by atoms with van der Waals surface area (Å²) in [6.07, 6.45) is 6.05. The van der Waals surface area contributed by atoms with Crippen molar-refractivity contribution in [3.05, 3.63) is 24.3 Å². The summed E-state index contributed by atoms with van der Waals surface area (Å²) in [4.78, 5) is 8.46. The fourth-order valence-electron chi connectivity index (χ4n) is 1.90. The van der Waals surface area contributed by atoms with Crippen LogP contribution in [0.5, 0.6) is 0 Å². The molecule has 0 fully saturated rings. The van der Waals surface area contributed by atoms with Gasteiger partial charge in [-0.15, -0.1) is 0 Å². The van der Waals surface area contributed by atoms with Gasteiger partial charge in [0.05, 0.1) is 23.9 Å². The van der Waals surface area contributed by atoms with Crippen LogP contribution in [0, 0.1) is 17.2 Å². The van der Waals surface area contributed by atoms with Gasteiger partial charge in [0, 0.05) is 25.4 Å². The quantitative estimate of drug-likeness (QED) is 0.682. The topological polar surface area (TPSA) is 66.0 Å². The van der Waals surface area contributed by atoms with Crippen molar-refractivity contribution in [1.82, 2.24) is 14.4 Å². The number of imidazole rings is 1. The van der Waals surface area contributed by atoms with E-state index in [1.165, 1.54) is 0 Å². The van der Waals surface area contributed by atoms with Gasteiger partial charge in [0.2, 0.25) is 0 Å². The van der Waals surface area contributed by atoms with Crippen molar-refractivity contribution in [3.63, 3.8) is 0 Å². The molecule has 74 valence electrons. The number of nitriles is 1. The van der Waals surface area contributed by atoms with E-state index in [0.717, 1.165) is 23.6 Å². The molecule has 0 aromatic carbocycles. The molecule has 1 aliphatic rings. The van der Waals surface area contributed by atoms with E-state index >= 15 is 0 Å². The van der Waals surface area contributed by atoms with E-state index in [0.29, 0.717) is 6.54 Å². The van der Waals surface area contributed by atoms with E-state index in [4.69, 9.17) is 5.26 Å². The molecule has 2 aromatic rings. The molecule has 3 heterocycles. The van der Waals surface area contributed by atoms with Crippen molar-refractivity contribution in [1.29, 1.82) is 5.26 Å². The van der Waals surface area contributed by atoms with Crippen LogP contribution in [0.4, 0.5) is 5.82 Å². The molecule has 0 amide bonds. The summed E-state index contributed by atoms with van der Waals surface area (Å²) in [5.74, 6) is 1.02. The zero-order valence-electron chi connectivity index (χ0n) is 8.01. The van der Waals surface area contributed by atoms with Crippen LogP contribution in [0.3, 0.4) is 0 Å². The number of nitrogens with one attached hydrogen (secondary N) is 1. The molecule has 0 spiro atoms. The fourth-order valence-corrected chi connectivity index (χ4v) is 1.90. The van der Waals surface area contributed by atoms with Gasteiger partial charge in [0.25, 0.3) is 0 Å². The fraction of sp³-hybridized carbons (Fsp3) is 0.300. The summed E-state index contributed by atoms with van der Waals surface area (Å²) in [5, 5.41) is 12.1. The van der Waals surface area contributed by atoms with E-state index in [1.54, 1.807) is 12.4 Å². The van der Waals surface area contributed by atoms with Crippen molar-refractivity contribution >= 4 is 11.5 Å². The third kappa shape index (κ3) is 1.15. The lowest BCUT2D eigenvalue weighted by Gasteiger charge is -2.17. The van der Waals surface area contributed by atoms with E-state index in [-0.39, 0.29) is 5.92 Å².